The molecule has 3 aromatic rings. The third-order valence-electron chi connectivity index (χ3n) is 5.07. The van der Waals surface area contributed by atoms with E-state index in [0.717, 1.165) is 31.3 Å². The van der Waals surface area contributed by atoms with Crippen LogP contribution < -0.4 is 5.32 Å². The van der Waals surface area contributed by atoms with Gasteiger partial charge in [0.1, 0.15) is 17.1 Å². The first kappa shape index (κ1) is 19.4. The number of piperidine rings is 1. The molecule has 1 aromatic carbocycles. The molecule has 1 aliphatic rings. The van der Waals surface area contributed by atoms with Gasteiger partial charge in [0.15, 0.2) is 5.82 Å². The van der Waals surface area contributed by atoms with Gasteiger partial charge in [-0.1, -0.05) is 24.3 Å². The third kappa shape index (κ3) is 3.95. The predicted octanol–water partition coefficient (Wildman–Crippen LogP) is 3.92. The number of hydrogen-bond donors (Lipinski definition) is 2. The molecule has 0 spiro atoms. The zero-order chi connectivity index (χ0) is 20.6. The van der Waals surface area contributed by atoms with Crippen molar-refractivity contribution in [1.82, 2.24) is 20.1 Å². The summed E-state index contributed by atoms with van der Waals surface area (Å²) in [5, 5.41) is 23.5. The van der Waals surface area contributed by atoms with Crippen LogP contribution in [0.1, 0.15) is 18.4 Å². The Balaban J connectivity index is 1.74. The van der Waals surface area contributed by atoms with E-state index >= 15 is 0 Å². The number of anilines is 1. The first-order valence-electron chi connectivity index (χ1n) is 9.30. The highest BCUT2D eigenvalue weighted by molar-refractivity contribution is 6.00. The van der Waals surface area contributed by atoms with Gasteiger partial charge in [-0.3, -0.25) is 0 Å². The fraction of sp³-hybridized carbons (Fsp3) is 0.350. The van der Waals surface area contributed by atoms with Crippen LogP contribution in [-0.4, -0.2) is 51.4 Å². The lowest BCUT2D eigenvalue weighted by Gasteiger charge is -2.30. The largest absolute Gasteiger partial charge is 0.506 e. The van der Waals surface area contributed by atoms with Gasteiger partial charge in [0, 0.05) is 29.6 Å². The van der Waals surface area contributed by atoms with E-state index in [2.05, 4.69) is 32.4 Å². The number of rotatable bonds is 3. The minimum Gasteiger partial charge on any atom is -0.506 e. The highest BCUT2D eigenvalue weighted by atomic mass is 19.4. The topological polar surface area (TPSA) is 74.2 Å². The summed E-state index contributed by atoms with van der Waals surface area (Å²) in [6, 6.07) is 8.19. The minimum atomic E-state index is -4.59. The lowest BCUT2D eigenvalue weighted by atomic mass is 10.0. The Morgan fingerprint density at radius 2 is 1.90 bits per heavy atom. The van der Waals surface area contributed by atoms with Crippen LogP contribution in [0.5, 0.6) is 5.75 Å². The molecule has 1 saturated heterocycles. The average Bonchev–Trinajstić information content (AvgIpc) is 2.68. The van der Waals surface area contributed by atoms with Gasteiger partial charge in [0.05, 0.1) is 5.56 Å². The van der Waals surface area contributed by atoms with Crippen LogP contribution in [0, 0.1) is 0 Å². The molecule has 2 N–H and O–H groups in total. The highest BCUT2D eigenvalue weighted by Crippen LogP contribution is 2.37. The van der Waals surface area contributed by atoms with E-state index in [1.54, 1.807) is 12.1 Å². The number of likely N-dealkylation sites (N-methyl/N-ethyl adjacent to an activating group) is 1. The number of hydrogen-bond acceptors (Lipinski definition) is 6. The lowest BCUT2D eigenvalue weighted by Crippen LogP contribution is -2.40. The Morgan fingerprint density at radius 3 is 2.59 bits per heavy atom. The molecular weight excluding hydrogens is 383 g/mol. The molecule has 152 valence electrons. The number of halogens is 3. The molecule has 0 saturated carbocycles. The van der Waals surface area contributed by atoms with Crippen LogP contribution in [0.2, 0.25) is 0 Å². The van der Waals surface area contributed by atoms with Gasteiger partial charge in [-0.15, -0.1) is 10.2 Å². The molecule has 1 atom stereocenters. The molecule has 29 heavy (non-hydrogen) atoms. The van der Waals surface area contributed by atoms with Crippen molar-refractivity contribution in [2.75, 3.05) is 25.5 Å². The van der Waals surface area contributed by atoms with Crippen LogP contribution in [0.15, 0.2) is 36.5 Å². The molecule has 1 unspecified atom stereocenters. The van der Waals surface area contributed by atoms with E-state index < -0.39 is 17.5 Å². The van der Waals surface area contributed by atoms with Crippen LogP contribution in [0.25, 0.3) is 22.2 Å². The van der Waals surface area contributed by atoms with Crippen LogP contribution in [0.3, 0.4) is 0 Å². The SMILES string of the molecule is CN1CCCC(Nc2nnc(-c3ncc(C(F)(F)F)cc3O)c3ccccc23)C1. The van der Waals surface area contributed by atoms with E-state index in [4.69, 9.17) is 0 Å². The van der Waals surface area contributed by atoms with E-state index in [1.807, 2.05) is 12.1 Å². The molecule has 4 rings (SSSR count). The Morgan fingerprint density at radius 1 is 1.14 bits per heavy atom. The first-order chi connectivity index (χ1) is 13.8. The fourth-order valence-electron chi connectivity index (χ4n) is 3.65. The second-order valence-electron chi connectivity index (χ2n) is 7.28. The second kappa shape index (κ2) is 7.47. The zero-order valence-electron chi connectivity index (χ0n) is 15.7. The number of alkyl halides is 3. The average molecular weight is 403 g/mol. The predicted molar refractivity (Wildman–Crippen MR) is 104 cm³/mol. The summed E-state index contributed by atoms with van der Waals surface area (Å²) in [6.45, 7) is 1.95. The van der Waals surface area contributed by atoms with Crippen molar-refractivity contribution in [2.45, 2.75) is 25.1 Å². The van der Waals surface area contributed by atoms with Gasteiger partial charge >= 0.3 is 6.18 Å². The van der Waals surface area contributed by atoms with Crippen molar-refractivity contribution in [3.05, 3.63) is 42.1 Å². The monoisotopic (exact) mass is 403 g/mol. The molecular formula is C20H20F3N5O. The third-order valence-corrected chi connectivity index (χ3v) is 5.07. The van der Waals surface area contributed by atoms with E-state index in [-0.39, 0.29) is 17.4 Å². The van der Waals surface area contributed by atoms with Crippen molar-refractivity contribution in [3.63, 3.8) is 0 Å². The molecule has 9 heteroatoms. The van der Waals surface area contributed by atoms with Crippen LogP contribution in [-0.2, 0) is 6.18 Å². The normalized spacial score (nSPS) is 18.1. The number of fused-ring (bicyclic) bond motifs is 1. The Bertz CT molecular complexity index is 1040. The molecule has 2 aromatic heterocycles. The summed E-state index contributed by atoms with van der Waals surface area (Å²) in [5.41, 5.74) is -0.820. The van der Waals surface area contributed by atoms with E-state index in [1.165, 1.54) is 0 Å². The quantitative estimate of drug-likeness (QED) is 0.691. The standard InChI is InChI=1S/C20H20F3N5O/c1-28-8-4-5-13(11-28)25-19-15-7-3-2-6-14(15)17(26-27-19)18-16(29)9-12(10-24-18)20(21,22)23/h2-3,6-7,9-10,13,29H,4-5,8,11H2,1H3,(H,25,27). The molecule has 0 aliphatic carbocycles. The maximum absolute atomic E-state index is 12.9. The Hall–Kier alpha value is -2.94. The number of aromatic hydroxyl groups is 1. The lowest BCUT2D eigenvalue weighted by molar-refractivity contribution is -0.137. The number of likely N-dealkylation sites (tertiary alicyclic amines) is 1. The van der Waals surface area contributed by atoms with E-state index in [9.17, 15) is 18.3 Å². The molecule has 1 fully saturated rings. The van der Waals surface area contributed by atoms with Crippen molar-refractivity contribution < 1.29 is 18.3 Å². The van der Waals surface area contributed by atoms with Gasteiger partial charge in [0.2, 0.25) is 0 Å². The molecule has 0 amide bonds. The van der Waals surface area contributed by atoms with Crippen molar-refractivity contribution in [1.29, 1.82) is 0 Å². The van der Waals surface area contributed by atoms with Gasteiger partial charge in [-0.2, -0.15) is 13.2 Å². The molecule has 1 aliphatic heterocycles. The number of aromatic nitrogens is 3. The summed E-state index contributed by atoms with van der Waals surface area (Å²) < 4.78 is 38.6. The van der Waals surface area contributed by atoms with Crippen LogP contribution >= 0.6 is 0 Å². The number of benzene rings is 1. The van der Waals surface area contributed by atoms with Gasteiger partial charge < -0.3 is 15.3 Å². The summed E-state index contributed by atoms with van der Waals surface area (Å²) in [6.07, 6.45) is -1.79. The van der Waals surface area contributed by atoms with E-state index in [0.29, 0.717) is 23.5 Å². The fourth-order valence-corrected chi connectivity index (χ4v) is 3.65. The second-order valence-corrected chi connectivity index (χ2v) is 7.28. The zero-order valence-corrected chi connectivity index (χ0v) is 15.7. The van der Waals surface area contributed by atoms with Crippen molar-refractivity contribution in [3.8, 4) is 17.1 Å². The highest BCUT2D eigenvalue weighted by Gasteiger charge is 2.32. The molecule has 3 heterocycles. The number of nitrogens with one attached hydrogen (secondary N) is 1. The van der Waals surface area contributed by atoms with Gasteiger partial charge in [0.25, 0.3) is 0 Å². The summed E-state index contributed by atoms with van der Waals surface area (Å²) >= 11 is 0. The molecule has 0 bridgehead atoms. The summed E-state index contributed by atoms with van der Waals surface area (Å²) in [5.74, 6) is 0.0185. The van der Waals surface area contributed by atoms with Crippen molar-refractivity contribution >= 4 is 16.6 Å². The molecule has 0 radical (unpaired) electrons. The van der Waals surface area contributed by atoms with Gasteiger partial charge in [-0.25, -0.2) is 4.98 Å². The maximum Gasteiger partial charge on any atom is 0.418 e. The minimum absolute atomic E-state index is 0.0364. The molecule has 6 nitrogen and oxygen atoms in total. The maximum atomic E-state index is 12.9. The number of pyridine rings is 1. The number of nitrogens with zero attached hydrogens (tertiary/aromatic N) is 4. The van der Waals surface area contributed by atoms with Crippen molar-refractivity contribution in [2.24, 2.45) is 0 Å². The smallest absolute Gasteiger partial charge is 0.418 e. The Kier molecular flexibility index (Phi) is 4.99. The first-order valence-corrected chi connectivity index (χ1v) is 9.30. The Labute approximate surface area is 165 Å². The van der Waals surface area contributed by atoms with Crippen LogP contribution in [0.4, 0.5) is 19.0 Å². The summed E-state index contributed by atoms with van der Waals surface area (Å²) in [7, 11) is 2.07. The summed E-state index contributed by atoms with van der Waals surface area (Å²) in [4.78, 5) is 6.07. The van der Waals surface area contributed by atoms with Gasteiger partial charge in [-0.05, 0) is 32.5 Å².